The molecule has 0 aromatic heterocycles. The SMILES string of the molecule is Cc1cc(C)c2c(c1)C(=O)[C@@](CNc1ccccc1)(C(=O)OC(C)(C)C)CC2. The molecule has 2 aromatic rings. The third-order valence-corrected chi connectivity index (χ3v) is 5.26. The van der Waals surface area contributed by atoms with Crippen LogP contribution in [-0.2, 0) is 16.0 Å². The first-order valence-corrected chi connectivity index (χ1v) is 9.80. The highest BCUT2D eigenvalue weighted by Gasteiger charge is 2.51. The van der Waals surface area contributed by atoms with Crippen LogP contribution in [0.2, 0.25) is 0 Å². The van der Waals surface area contributed by atoms with Crippen molar-refractivity contribution in [2.45, 2.75) is 53.1 Å². The van der Waals surface area contributed by atoms with Crippen molar-refractivity contribution in [1.29, 1.82) is 0 Å². The molecule has 0 spiro atoms. The highest BCUT2D eigenvalue weighted by atomic mass is 16.6. The normalized spacial score (nSPS) is 19.1. The van der Waals surface area contributed by atoms with Crippen molar-refractivity contribution in [2.24, 2.45) is 5.41 Å². The summed E-state index contributed by atoms with van der Waals surface area (Å²) in [5.74, 6) is -0.587. The number of aryl methyl sites for hydroxylation is 2. The second kappa shape index (κ2) is 7.42. The molecule has 0 amide bonds. The molecule has 1 N–H and O–H groups in total. The lowest BCUT2D eigenvalue weighted by atomic mass is 9.69. The lowest BCUT2D eigenvalue weighted by Crippen LogP contribution is -2.50. The smallest absolute Gasteiger partial charge is 0.322 e. The molecule has 2 aromatic carbocycles. The van der Waals surface area contributed by atoms with Crippen LogP contribution in [0.3, 0.4) is 0 Å². The summed E-state index contributed by atoms with van der Waals surface area (Å²) in [6.45, 7) is 9.72. The molecule has 0 fully saturated rings. The van der Waals surface area contributed by atoms with Gasteiger partial charge < -0.3 is 10.1 Å². The molecule has 1 aliphatic carbocycles. The van der Waals surface area contributed by atoms with Crippen molar-refractivity contribution in [2.75, 3.05) is 11.9 Å². The van der Waals surface area contributed by atoms with Gasteiger partial charge in [0.25, 0.3) is 0 Å². The number of fused-ring (bicyclic) bond motifs is 1. The number of nitrogens with one attached hydrogen (secondary N) is 1. The van der Waals surface area contributed by atoms with Crippen LogP contribution >= 0.6 is 0 Å². The maximum Gasteiger partial charge on any atom is 0.322 e. The minimum Gasteiger partial charge on any atom is -0.459 e. The molecule has 1 aliphatic rings. The number of benzene rings is 2. The van der Waals surface area contributed by atoms with Gasteiger partial charge >= 0.3 is 5.97 Å². The number of anilines is 1. The van der Waals surface area contributed by atoms with Gasteiger partial charge in [-0.25, -0.2) is 0 Å². The molecule has 148 valence electrons. The van der Waals surface area contributed by atoms with Gasteiger partial charge in [-0.3, -0.25) is 9.59 Å². The third kappa shape index (κ3) is 3.96. The quantitative estimate of drug-likeness (QED) is 0.608. The van der Waals surface area contributed by atoms with Crippen molar-refractivity contribution in [1.82, 2.24) is 0 Å². The van der Waals surface area contributed by atoms with E-state index in [-0.39, 0.29) is 12.3 Å². The highest BCUT2D eigenvalue weighted by molar-refractivity contribution is 6.14. The molecule has 28 heavy (non-hydrogen) atoms. The van der Waals surface area contributed by atoms with Gasteiger partial charge in [-0.2, -0.15) is 0 Å². The van der Waals surface area contributed by atoms with E-state index in [4.69, 9.17) is 4.74 Å². The second-order valence-corrected chi connectivity index (χ2v) is 8.74. The number of para-hydroxylation sites is 1. The summed E-state index contributed by atoms with van der Waals surface area (Å²) < 4.78 is 5.72. The van der Waals surface area contributed by atoms with Crippen LogP contribution in [0.4, 0.5) is 5.69 Å². The van der Waals surface area contributed by atoms with E-state index >= 15 is 0 Å². The average Bonchev–Trinajstić information content (AvgIpc) is 2.61. The molecule has 0 aliphatic heterocycles. The fourth-order valence-electron chi connectivity index (χ4n) is 3.86. The Kier molecular flexibility index (Phi) is 5.33. The zero-order chi connectivity index (χ0) is 20.5. The first-order valence-electron chi connectivity index (χ1n) is 9.80. The molecule has 4 heteroatoms. The Labute approximate surface area is 167 Å². The number of carbonyl (C=O) groups is 2. The van der Waals surface area contributed by atoms with Crippen molar-refractivity contribution in [3.8, 4) is 0 Å². The predicted molar refractivity (Wildman–Crippen MR) is 112 cm³/mol. The largest absolute Gasteiger partial charge is 0.459 e. The van der Waals surface area contributed by atoms with E-state index in [0.717, 1.165) is 22.4 Å². The number of carbonyl (C=O) groups excluding carboxylic acids is 2. The fourth-order valence-corrected chi connectivity index (χ4v) is 3.86. The van der Waals surface area contributed by atoms with Crippen LogP contribution in [0, 0.1) is 19.3 Å². The monoisotopic (exact) mass is 379 g/mol. The Morgan fingerprint density at radius 2 is 1.82 bits per heavy atom. The van der Waals surface area contributed by atoms with Gasteiger partial charge in [-0.15, -0.1) is 0 Å². The minimum atomic E-state index is -1.23. The molecule has 0 saturated heterocycles. The van der Waals surface area contributed by atoms with Gasteiger partial charge in [-0.05, 0) is 76.8 Å². The van der Waals surface area contributed by atoms with E-state index in [9.17, 15) is 9.59 Å². The number of esters is 1. The molecule has 4 nitrogen and oxygen atoms in total. The standard InChI is InChI=1S/C24H29NO3/c1-16-13-17(2)19-11-12-24(21(26)20(19)14-16,22(27)28-23(3,4)5)15-25-18-9-7-6-8-10-18/h6-10,13-14,25H,11-12,15H2,1-5H3/t24-/m1/s1. The molecule has 0 heterocycles. The Bertz CT molecular complexity index is 896. The topological polar surface area (TPSA) is 55.4 Å². The average molecular weight is 380 g/mol. The number of hydrogen-bond acceptors (Lipinski definition) is 4. The second-order valence-electron chi connectivity index (χ2n) is 8.74. The number of Topliss-reactive ketones (excluding diaryl/α,β-unsaturated/α-hetero) is 1. The molecule has 3 rings (SSSR count). The maximum atomic E-state index is 13.7. The Morgan fingerprint density at radius 3 is 2.46 bits per heavy atom. The van der Waals surface area contributed by atoms with E-state index in [1.807, 2.05) is 71.0 Å². The van der Waals surface area contributed by atoms with Crippen molar-refractivity contribution in [3.05, 3.63) is 64.7 Å². The summed E-state index contributed by atoms with van der Waals surface area (Å²) in [5, 5.41) is 3.29. The summed E-state index contributed by atoms with van der Waals surface area (Å²) in [4.78, 5) is 26.9. The van der Waals surface area contributed by atoms with Crippen LogP contribution in [0.25, 0.3) is 0 Å². The van der Waals surface area contributed by atoms with Crippen LogP contribution in [0.1, 0.15) is 54.2 Å². The molecular formula is C24H29NO3. The van der Waals surface area contributed by atoms with Crippen molar-refractivity contribution in [3.63, 3.8) is 0 Å². The van der Waals surface area contributed by atoms with Crippen LogP contribution < -0.4 is 5.32 Å². The number of rotatable bonds is 4. The summed E-state index contributed by atoms with van der Waals surface area (Å²) in [6, 6.07) is 13.6. The number of hydrogen-bond donors (Lipinski definition) is 1. The van der Waals surface area contributed by atoms with Crippen LogP contribution in [-0.4, -0.2) is 23.9 Å². The van der Waals surface area contributed by atoms with Crippen molar-refractivity contribution >= 4 is 17.4 Å². The van der Waals surface area contributed by atoms with E-state index in [1.165, 1.54) is 0 Å². The highest BCUT2D eigenvalue weighted by Crippen LogP contribution is 2.39. The first-order chi connectivity index (χ1) is 13.1. The van der Waals surface area contributed by atoms with Gasteiger partial charge in [0.05, 0.1) is 0 Å². The van der Waals surface area contributed by atoms with E-state index in [1.54, 1.807) is 0 Å². The lowest BCUT2D eigenvalue weighted by Gasteiger charge is -2.37. The molecule has 1 atom stereocenters. The fraction of sp³-hybridized carbons (Fsp3) is 0.417. The Hall–Kier alpha value is -2.62. The van der Waals surface area contributed by atoms with E-state index in [2.05, 4.69) is 11.4 Å². The lowest BCUT2D eigenvalue weighted by molar-refractivity contribution is -0.164. The Balaban J connectivity index is 2.01. The third-order valence-electron chi connectivity index (χ3n) is 5.26. The maximum absolute atomic E-state index is 13.7. The summed E-state index contributed by atoms with van der Waals surface area (Å²) in [6.07, 6.45) is 1.13. The minimum absolute atomic E-state index is 0.141. The zero-order valence-electron chi connectivity index (χ0n) is 17.4. The molecule has 0 bridgehead atoms. The number of ketones is 1. The number of ether oxygens (including phenoxy) is 1. The van der Waals surface area contributed by atoms with Gasteiger partial charge in [0.15, 0.2) is 5.78 Å². The van der Waals surface area contributed by atoms with Gasteiger partial charge in [-0.1, -0.05) is 29.8 Å². The molecule has 0 radical (unpaired) electrons. The molecule has 0 saturated carbocycles. The van der Waals surface area contributed by atoms with E-state index in [0.29, 0.717) is 18.4 Å². The van der Waals surface area contributed by atoms with Crippen LogP contribution in [0.5, 0.6) is 0 Å². The zero-order valence-corrected chi connectivity index (χ0v) is 17.4. The van der Waals surface area contributed by atoms with Crippen molar-refractivity contribution < 1.29 is 14.3 Å². The summed E-state index contributed by atoms with van der Waals surface area (Å²) >= 11 is 0. The summed E-state index contributed by atoms with van der Waals surface area (Å²) in [7, 11) is 0. The van der Waals surface area contributed by atoms with Crippen LogP contribution in [0.15, 0.2) is 42.5 Å². The predicted octanol–water partition coefficient (Wildman–Crippen LogP) is 4.87. The van der Waals surface area contributed by atoms with E-state index < -0.39 is 17.0 Å². The molecule has 0 unspecified atom stereocenters. The van der Waals surface area contributed by atoms with Gasteiger partial charge in [0.2, 0.25) is 0 Å². The summed E-state index contributed by atoms with van der Waals surface area (Å²) in [5.41, 5.74) is 2.84. The Morgan fingerprint density at radius 1 is 1.14 bits per heavy atom. The van der Waals surface area contributed by atoms with Gasteiger partial charge in [0.1, 0.15) is 11.0 Å². The molecular weight excluding hydrogens is 350 g/mol. The van der Waals surface area contributed by atoms with Gasteiger partial charge in [0, 0.05) is 17.8 Å². The first kappa shape index (κ1) is 20.1.